The third-order valence-electron chi connectivity index (χ3n) is 0.695. The second-order valence-electron chi connectivity index (χ2n) is 1.20. The van der Waals surface area contributed by atoms with E-state index < -0.39 is 6.67 Å². The first-order valence-corrected chi connectivity index (χ1v) is 1.98. The van der Waals surface area contributed by atoms with Crippen molar-refractivity contribution in [2.24, 2.45) is 0 Å². The Morgan fingerprint density at radius 2 is 2.71 bits per heavy atom. The number of nitrogens with zero attached hydrogens (tertiary/aromatic N) is 1. The Bertz CT molecular complexity index is 124. The van der Waals surface area contributed by atoms with Gasteiger partial charge in [0.05, 0.1) is 5.69 Å². The molecule has 2 nitrogen and oxygen atoms in total. The minimum absolute atomic E-state index is 0.458. The smallest absolute Gasteiger partial charge is 0.133 e. The number of aromatic amines is 1. The number of nitrogens with one attached hydrogen (secondary N) is 1. The van der Waals surface area contributed by atoms with E-state index in [1.807, 2.05) is 0 Å². The van der Waals surface area contributed by atoms with E-state index in [2.05, 4.69) is 10.2 Å². The lowest BCUT2D eigenvalue weighted by atomic mass is 10.5. The Kier molecular flexibility index (Phi) is 1.06. The predicted octanol–water partition coefficient (Wildman–Crippen LogP) is 0.879. The van der Waals surface area contributed by atoms with E-state index in [-0.39, 0.29) is 0 Å². The third-order valence-corrected chi connectivity index (χ3v) is 0.695. The van der Waals surface area contributed by atoms with E-state index in [1.165, 1.54) is 0 Å². The van der Waals surface area contributed by atoms with E-state index in [0.717, 1.165) is 0 Å². The van der Waals surface area contributed by atoms with Crippen molar-refractivity contribution in [3.63, 3.8) is 0 Å². The van der Waals surface area contributed by atoms with Gasteiger partial charge in [0.2, 0.25) is 0 Å². The van der Waals surface area contributed by atoms with Gasteiger partial charge in [0.1, 0.15) is 6.67 Å². The Balaban J connectivity index is 2.76. The maximum atomic E-state index is 11.5. The van der Waals surface area contributed by atoms with Crippen LogP contribution in [0.2, 0.25) is 0 Å². The lowest BCUT2D eigenvalue weighted by Gasteiger charge is -1.74. The van der Waals surface area contributed by atoms with Crippen molar-refractivity contribution in [3.8, 4) is 0 Å². The highest BCUT2D eigenvalue weighted by molar-refractivity contribution is 4.94. The second kappa shape index (κ2) is 1.73. The molecule has 0 amide bonds. The summed E-state index contributed by atoms with van der Waals surface area (Å²) in [6.45, 7) is -0.483. The van der Waals surface area contributed by atoms with E-state index in [1.54, 1.807) is 12.3 Å². The summed E-state index contributed by atoms with van der Waals surface area (Å²) in [6, 6.07) is 1.60. The zero-order valence-corrected chi connectivity index (χ0v) is 3.69. The summed E-state index contributed by atoms with van der Waals surface area (Å²) in [7, 11) is 0. The first kappa shape index (κ1) is 4.30. The minimum Gasteiger partial charge on any atom is -0.285 e. The van der Waals surface area contributed by atoms with Gasteiger partial charge in [-0.25, -0.2) is 4.39 Å². The molecular weight excluding hydrogens is 95.1 g/mol. The predicted molar refractivity (Wildman–Crippen MR) is 23.4 cm³/mol. The van der Waals surface area contributed by atoms with Crippen molar-refractivity contribution in [1.82, 2.24) is 10.2 Å². The normalized spacial score (nSPS) is 9.29. The zero-order valence-electron chi connectivity index (χ0n) is 3.69. The second-order valence-corrected chi connectivity index (χ2v) is 1.20. The van der Waals surface area contributed by atoms with Crippen molar-refractivity contribution >= 4 is 0 Å². The maximum Gasteiger partial charge on any atom is 0.133 e. The maximum absolute atomic E-state index is 11.5. The van der Waals surface area contributed by atoms with Crippen molar-refractivity contribution in [1.29, 1.82) is 0 Å². The average Bonchev–Trinajstić information content (AvgIpc) is 2.14. The van der Waals surface area contributed by atoms with Gasteiger partial charge in [-0.05, 0) is 6.07 Å². The average molecular weight is 100 g/mol. The summed E-state index contributed by atoms with van der Waals surface area (Å²) < 4.78 is 11.5. The van der Waals surface area contributed by atoms with Crippen LogP contribution >= 0.6 is 0 Å². The van der Waals surface area contributed by atoms with Gasteiger partial charge in [-0.2, -0.15) is 5.10 Å². The van der Waals surface area contributed by atoms with Crippen molar-refractivity contribution < 1.29 is 4.39 Å². The molecule has 0 aliphatic rings. The fourth-order valence-corrected chi connectivity index (χ4v) is 0.365. The molecule has 0 aliphatic carbocycles. The molecule has 1 aromatic rings. The van der Waals surface area contributed by atoms with Gasteiger partial charge in [0, 0.05) is 6.20 Å². The van der Waals surface area contributed by atoms with Gasteiger partial charge in [-0.3, -0.25) is 5.10 Å². The molecule has 7 heavy (non-hydrogen) atoms. The van der Waals surface area contributed by atoms with Crippen LogP contribution in [0.5, 0.6) is 0 Å². The van der Waals surface area contributed by atoms with Crippen LogP contribution in [0.4, 0.5) is 4.39 Å². The summed E-state index contributed by atoms with van der Waals surface area (Å²) in [6.07, 6.45) is 1.59. The summed E-state index contributed by atoms with van der Waals surface area (Å²) in [5.41, 5.74) is 0.458. The fourth-order valence-electron chi connectivity index (χ4n) is 0.365. The van der Waals surface area contributed by atoms with Crippen molar-refractivity contribution in [2.75, 3.05) is 0 Å². The SMILES string of the molecule is FCc1cc[nH]n1. The first-order chi connectivity index (χ1) is 3.43. The molecule has 0 atom stereocenters. The van der Waals surface area contributed by atoms with E-state index >= 15 is 0 Å². The molecule has 0 spiro atoms. The summed E-state index contributed by atoms with van der Waals surface area (Å²) in [5.74, 6) is 0. The number of hydrogen-bond acceptors (Lipinski definition) is 1. The Labute approximate surface area is 40.4 Å². The van der Waals surface area contributed by atoms with Gasteiger partial charge < -0.3 is 0 Å². The Hall–Kier alpha value is -0.860. The largest absolute Gasteiger partial charge is 0.285 e. The van der Waals surface area contributed by atoms with Gasteiger partial charge in [0.25, 0.3) is 0 Å². The molecule has 1 rings (SSSR count). The van der Waals surface area contributed by atoms with Crippen LogP contribution in [-0.2, 0) is 6.67 Å². The molecule has 0 saturated heterocycles. The Morgan fingerprint density at radius 1 is 1.86 bits per heavy atom. The van der Waals surface area contributed by atoms with E-state index in [4.69, 9.17) is 0 Å². The molecule has 0 fully saturated rings. The summed E-state index contributed by atoms with van der Waals surface area (Å²) in [4.78, 5) is 0. The van der Waals surface area contributed by atoms with Crippen molar-refractivity contribution in [3.05, 3.63) is 18.0 Å². The van der Waals surface area contributed by atoms with E-state index in [0.29, 0.717) is 5.69 Å². The molecular formula is C4H5FN2. The molecule has 0 unspecified atom stereocenters. The van der Waals surface area contributed by atoms with Crippen LogP contribution in [-0.4, -0.2) is 10.2 Å². The van der Waals surface area contributed by atoms with Crippen molar-refractivity contribution in [2.45, 2.75) is 6.67 Å². The fraction of sp³-hybridized carbons (Fsp3) is 0.250. The number of rotatable bonds is 1. The lowest BCUT2D eigenvalue weighted by molar-refractivity contribution is 0.475. The quantitative estimate of drug-likeness (QED) is 0.557. The number of H-pyrrole nitrogens is 1. The molecule has 0 saturated carbocycles. The highest BCUT2D eigenvalue weighted by Crippen LogP contribution is 1.91. The molecule has 1 heterocycles. The molecule has 0 radical (unpaired) electrons. The van der Waals surface area contributed by atoms with Crippen LogP contribution in [0.3, 0.4) is 0 Å². The standard InChI is InChI=1S/C4H5FN2/c5-3-4-1-2-6-7-4/h1-2H,3H2,(H,6,7). The van der Waals surface area contributed by atoms with E-state index in [9.17, 15) is 4.39 Å². The van der Waals surface area contributed by atoms with Crippen LogP contribution in [0.25, 0.3) is 0 Å². The Morgan fingerprint density at radius 3 is 3.00 bits per heavy atom. The minimum atomic E-state index is -0.483. The molecule has 0 bridgehead atoms. The number of alkyl halides is 1. The summed E-state index contributed by atoms with van der Waals surface area (Å²) in [5, 5.41) is 6.03. The molecule has 1 aromatic heterocycles. The molecule has 1 N–H and O–H groups in total. The van der Waals surface area contributed by atoms with Gasteiger partial charge in [-0.1, -0.05) is 0 Å². The van der Waals surface area contributed by atoms with Gasteiger partial charge in [-0.15, -0.1) is 0 Å². The monoisotopic (exact) mass is 100 g/mol. The van der Waals surface area contributed by atoms with Crippen LogP contribution in [0, 0.1) is 0 Å². The molecule has 0 aromatic carbocycles. The third kappa shape index (κ3) is 0.765. The first-order valence-electron chi connectivity index (χ1n) is 1.98. The number of aromatic nitrogens is 2. The number of hydrogen-bond donors (Lipinski definition) is 1. The molecule has 0 aliphatic heterocycles. The number of halogens is 1. The topological polar surface area (TPSA) is 28.7 Å². The van der Waals surface area contributed by atoms with Crippen LogP contribution in [0.1, 0.15) is 5.69 Å². The van der Waals surface area contributed by atoms with Crippen LogP contribution < -0.4 is 0 Å². The lowest BCUT2D eigenvalue weighted by Crippen LogP contribution is -1.74. The van der Waals surface area contributed by atoms with Gasteiger partial charge in [0.15, 0.2) is 0 Å². The highest BCUT2D eigenvalue weighted by Gasteiger charge is 1.86. The molecule has 38 valence electrons. The van der Waals surface area contributed by atoms with Gasteiger partial charge >= 0.3 is 0 Å². The zero-order chi connectivity index (χ0) is 5.11. The highest BCUT2D eigenvalue weighted by atomic mass is 19.1. The summed E-state index contributed by atoms with van der Waals surface area (Å²) >= 11 is 0. The molecule has 3 heteroatoms. The van der Waals surface area contributed by atoms with Crippen LogP contribution in [0.15, 0.2) is 12.3 Å².